The van der Waals surface area contributed by atoms with Gasteiger partial charge in [0.1, 0.15) is 25.6 Å². The molecule has 3 aromatic carbocycles. The van der Waals surface area contributed by atoms with Crippen LogP contribution in [0.3, 0.4) is 0 Å². The number of nitrogens with one attached hydrogen (secondary N) is 1. The van der Waals surface area contributed by atoms with Crippen LogP contribution in [0.5, 0.6) is 11.5 Å². The molecule has 1 aliphatic heterocycles. The van der Waals surface area contributed by atoms with Gasteiger partial charge in [0, 0.05) is 6.07 Å². The Labute approximate surface area is 199 Å². The molecule has 0 saturated carbocycles. The Morgan fingerprint density at radius 1 is 1.00 bits per heavy atom. The second kappa shape index (κ2) is 9.46. The van der Waals surface area contributed by atoms with E-state index in [1.54, 1.807) is 12.1 Å². The van der Waals surface area contributed by atoms with Gasteiger partial charge in [-0.3, -0.25) is 9.10 Å². The molecule has 1 amide bonds. The van der Waals surface area contributed by atoms with Crippen molar-refractivity contribution in [2.75, 3.05) is 29.4 Å². The number of carbonyl (C=O) groups is 1. The van der Waals surface area contributed by atoms with E-state index < -0.39 is 28.3 Å². The topological polar surface area (TPSA) is 84.9 Å². The maximum Gasteiger partial charge on any atom is 0.264 e. The van der Waals surface area contributed by atoms with Gasteiger partial charge in [0.05, 0.1) is 26.3 Å². The highest BCUT2D eigenvalue weighted by Crippen LogP contribution is 2.34. The molecule has 0 bridgehead atoms. The van der Waals surface area contributed by atoms with Crippen LogP contribution in [0.2, 0.25) is 10.0 Å². The van der Waals surface area contributed by atoms with Crippen LogP contribution in [0.25, 0.3) is 0 Å². The third kappa shape index (κ3) is 5.00. The van der Waals surface area contributed by atoms with Crippen LogP contribution in [-0.4, -0.2) is 34.1 Å². The summed E-state index contributed by atoms with van der Waals surface area (Å²) in [6.45, 7) is 0.0270. The second-order valence-corrected chi connectivity index (χ2v) is 9.59. The maximum atomic E-state index is 13.5. The van der Waals surface area contributed by atoms with Crippen molar-refractivity contribution in [2.24, 2.45) is 0 Å². The Morgan fingerprint density at radius 3 is 2.42 bits per heavy atom. The van der Waals surface area contributed by atoms with Crippen LogP contribution in [-0.2, 0) is 14.8 Å². The molecule has 33 heavy (non-hydrogen) atoms. The monoisotopic (exact) mass is 510 g/mol. The number of hydrogen-bond donors (Lipinski definition) is 1. The van der Waals surface area contributed by atoms with E-state index in [2.05, 4.69) is 5.32 Å². The summed E-state index contributed by atoms with van der Waals surface area (Å²) in [5, 5.41) is 2.91. The van der Waals surface area contributed by atoms with E-state index in [4.69, 9.17) is 32.7 Å². The fourth-order valence-electron chi connectivity index (χ4n) is 3.15. The molecule has 1 heterocycles. The first-order valence-corrected chi connectivity index (χ1v) is 11.9. The summed E-state index contributed by atoms with van der Waals surface area (Å²) in [7, 11) is -4.25. The van der Waals surface area contributed by atoms with Gasteiger partial charge in [0.25, 0.3) is 10.0 Å². The number of fused-ring (bicyclic) bond motifs is 1. The first-order chi connectivity index (χ1) is 15.8. The Balaban J connectivity index is 1.68. The van der Waals surface area contributed by atoms with E-state index in [1.165, 1.54) is 36.4 Å². The largest absolute Gasteiger partial charge is 0.486 e. The average Bonchev–Trinajstić information content (AvgIpc) is 2.81. The molecular formula is C22H17Cl2FN2O5S. The summed E-state index contributed by atoms with van der Waals surface area (Å²) >= 11 is 12.1. The fourth-order valence-corrected chi connectivity index (χ4v) is 4.94. The first-order valence-electron chi connectivity index (χ1n) is 9.67. The summed E-state index contributed by atoms with van der Waals surface area (Å²) in [6, 6.07) is 13.6. The number of halogens is 3. The number of amides is 1. The quantitative estimate of drug-likeness (QED) is 0.517. The summed E-state index contributed by atoms with van der Waals surface area (Å²) in [5.74, 6) is -0.534. The molecule has 4 rings (SSSR count). The van der Waals surface area contributed by atoms with Crippen molar-refractivity contribution in [3.05, 3.63) is 76.5 Å². The molecule has 0 saturated heterocycles. The van der Waals surface area contributed by atoms with E-state index in [0.717, 1.165) is 16.4 Å². The smallest absolute Gasteiger partial charge is 0.264 e. The highest BCUT2D eigenvalue weighted by atomic mass is 35.5. The van der Waals surface area contributed by atoms with Gasteiger partial charge < -0.3 is 14.8 Å². The number of rotatable bonds is 6. The van der Waals surface area contributed by atoms with Gasteiger partial charge in [-0.05, 0) is 48.5 Å². The van der Waals surface area contributed by atoms with Crippen LogP contribution in [0.4, 0.5) is 15.8 Å². The van der Waals surface area contributed by atoms with Crippen LogP contribution in [0, 0.1) is 5.82 Å². The first kappa shape index (κ1) is 23.2. The minimum atomic E-state index is -4.25. The molecule has 1 N–H and O–H groups in total. The highest BCUT2D eigenvalue weighted by Gasteiger charge is 2.29. The summed E-state index contributed by atoms with van der Waals surface area (Å²) in [5.41, 5.74) is 0.323. The van der Waals surface area contributed by atoms with Crippen LogP contribution >= 0.6 is 23.2 Å². The SMILES string of the molecule is O=C(CN(c1ccc(F)cc1)S(=O)(=O)c1ccc2c(c1)OCCO2)Nc1cccc(Cl)c1Cl. The fraction of sp³-hybridized carbons (Fsp3) is 0.136. The predicted molar refractivity (Wildman–Crippen MR) is 123 cm³/mol. The molecule has 0 atom stereocenters. The molecule has 0 unspecified atom stereocenters. The van der Waals surface area contributed by atoms with Crippen molar-refractivity contribution in [1.29, 1.82) is 0 Å². The molecule has 0 fully saturated rings. The van der Waals surface area contributed by atoms with Crippen molar-refractivity contribution in [2.45, 2.75) is 4.90 Å². The van der Waals surface area contributed by atoms with E-state index in [0.29, 0.717) is 12.4 Å². The van der Waals surface area contributed by atoms with Gasteiger partial charge in [-0.2, -0.15) is 0 Å². The summed E-state index contributed by atoms with van der Waals surface area (Å²) in [6.07, 6.45) is 0. The Kier molecular flexibility index (Phi) is 6.64. The lowest BCUT2D eigenvalue weighted by molar-refractivity contribution is -0.114. The van der Waals surface area contributed by atoms with E-state index in [1.807, 2.05) is 0 Å². The van der Waals surface area contributed by atoms with Crippen LogP contribution < -0.4 is 19.1 Å². The van der Waals surface area contributed by atoms with Gasteiger partial charge in [-0.15, -0.1) is 0 Å². The molecule has 11 heteroatoms. The third-order valence-corrected chi connectivity index (χ3v) is 7.32. The number of hydrogen-bond acceptors (Lipinski definition) is 5. The Morgan fingerprint density at radius 2 is 1.70 bits per heavy atom. The molecule has 172 valence electrons. The maximum absolute atomic E-state index is 13.5. The van der Waals surface area contributed by atoms with Crippen LogP contribution in [0.1, 0.15) is 0 Å². The van der Waals surface area contributed by atoms with Crippen molar-refractivity contribution in [1.82, 2.24) is 0 Å². The minimum absolute atomic E-state index is 0.0960. The molecule has 0 aromatic heterocycles. The molecule has 0 radical (unpaired) electrons. The molecule has 0 spiro atoms. The number of benzene rings is 3. The number of anilines is 2. The van der Waals surface area contributed by atoms with E-state index in [-0.39, 0.29) is 38.7 Å². The predicted octanol–water partition coefficient (Wildman–Crippen LogP) is 4.74. The van der Waals surface area contributed by atoms with Gasteiger partial charge in [-0.1, -0.05) is 29.3 Å². The lowest BCUT2D eigenvalue weighted by atomic mass is 10.3. The van der Waals surface area contributed by atoms with Crippen molar-refractivity contribution in [3.8, 4) is 11.5 Å². The van der Waals surface area contributed by atoms with Gasteiger partial charge in [0.2, 0.25) is 5.91 Å². The van der Waals surface area contributed by atoms with E-state index >= 15 is 0 Å². The number of nitrogens with zero attached hydrogens (tertiary/aromatic N) is 1. The second-order valence-electron chi connectivity index (χ2n) is 6.94. The molecule has 0 aliphatic carbocycles. The Bertz CT molecular complexity index is 1300. The normalized spacial score (nSPS) is 12.8. The number of ether oxygens (including phenoxy) is 2. The van der Waals surface area contributed by atoms with E-state index in [9.17, 15) is 17.6 Å². The molecule has 3 aromatic rings. The minimum Gasteiger partial charge on any atom is -0.486 e. The average molecular weight is 511 g/mol. The Hall–Kier alpha value is -3.01. The summed E-state index contributed by atoms with van der Waals surface area (Å²) in [4.78, 5) is 12.7. The third-order valence-electron chi connectivity index (χ3n) is 4.73. The molecular weight excluding hydrogens is 494 g/mol. The van der Waals surface area contributed by atoms with Crippen molar-refractivity contribution in [3.63, 3.8) is 0 Å². The van der Waals surface area contributed by atoms with Gasteiger partial charge >= 0.3 is 0 Å². The lowest BCUT2D eigenvalue weighted by Crippen LogP contribution is -2.38. The van der Waals surface area contributed by atoms with Crippen molar-refractivity contribution >= 4 is 50.5 Å². The zero-order valence-corrected chi connectivity index (χ0v) is 19.3. The highest BCUT2D eigenvalue weighted by molar-refractivity contribution is 7.92. The molecule has 1 aliphatic rings. The van der Waals surface area contributed by atoms with Gasteiger partial charge in [-0.25, -0.2) is 12.8 Å². The van der Waals surface area contributed by atoms with Gasteiger partial charge in [0.15, 0.2) is 11.5 Å². The van der Waals surface area contributed by atoms with Crippen molar-refractivity contribution < 1.29 is 27.1 Å². The molecule has 7 nitrogen and oxygen atoms in total. The standard InChI is InChI=1S/C22H17Cl2FN2O5S/c23-17-2-1-3-18(22(17)24)26-21(28)13-27(15-6-4-14(25)5-7-15)33(29,30)16-8-9-19-20(12-16)32-11-10-31-19/h1-9,12H,10-11,13H2,(H,26,28). The number of carbonyl (C=O) groups excluding carboxylic acids is 1. The van der Waals surface area contributed by atoms with Crippen LogP contribution in [0.15, 0.2) is 65.6 Å². The zero-order valence-electron chi connectivity index (χ0n) is 16.9. The lowest BCUT2D eigenvalue weighted by Gasteiger charge is -2.25. The summed E-state index contributed by atoms with van der Waals surface area (Å²) < 4.78 is 52.3. The zero-order chi connectivity index (χ0) is 23.6. The number of sulfonamides is 1.